The van der Waals surface area contributed by atoms with Crippen LogP contribution in [0.2, 0.25) is 5.15 Å². The molecular weight excluding hydrogens is 388 g/mol. The molecule has 21 heavy (non-hydrogen) atoms. The third kappa shape index (κ3) is 3.65. The number of hydrogen-bond donors (Lipinski definition) is 1. The Balaban J connectivity index is 2.46. The van der Waals surface area contributed by atoms with Crippen LogP contribution in [0.15, 0.2) is 40.0 Å². The van der Waals surface area contributed by atoms with E-state index in [2.05, 4.69) is 25.9 Å². The molecule has 1 N–H and O–H groups in total. The number of sulfonamides is 1. The smallest absolute Gasteiger partial charge is 0.262 e. The van der Waals surface area contributed by atoms with Crippen LogP contribution >= 0.6 is 27.5 Å². The van der Waals surface area contributed by atoms with Crippen molar-refractivity contribution < 1.29 is 13.3 Å². The average molecular weight is 394 g/mol. The Morgan fingerprint density at radius 3 is 2.67 bits per heavy atom. The minimum absolute atomic E-state index is 0.0781. The summed E-state index contributed by atoms with van der Waals surface area (Å²) < 4.78 is 26.8. The van der Waals surface area contributed by atoms with E-state index in [9.17, 15) is 18.5 Å². The molecule has 0 atom stereocenters. The minimum atomic E-state index is -4.08. The van der Waals surface area contributed by atoms with E-state index in [4.69, 9.17) is 11.6 Å². The number of anilines is 1. The van der Waals surface area contributed by atoms with Crippen LogP contribution in [-0.2, 0) is 10.0 Å². The fraction of sp³-hybridized carbons (Fsp3) is 0. The Morgan fingerprint density at radius 2 is 2.05 bits per heavy atom. The monoisotopic (exact) mass is 392 g/mol. The number of halogens is 2. The maximum Gasteiger partial charge on any atom is 0.312 e. The molecule has 11 heteroatoms. The molecule has 0 aliphatic carbocycles. The minimum Gasteiger partial charge on any atom is -0.262 e. The van der Waals surface area contributed by atoms with Crippen LogP contribution in [0.5, 0.6) is 0 Å². The Hall–Kier alpha value is -1.78. The molecule has 0 unspecified atom stereocenters. The van der Waals surface area contributed by atoms with E-state index >= 15 is 0 Å². The second-order valence-corrected chi connectivity index (χ2v) is 6.69. The number of pyridine rings is 2. The van der Waals surface area contributed by atoms with Gasteiger partial charge in [0.1, 0.15) is 10.0 Å². The second kappa shape index (κ2) is 5.92. The molecule has 0 aliphatic heterocycles. The summed E-state index contributed by atoms with van der Waals surface area (Å²) in [6.07, 6.45) is 2.50. The van der Waals surface area contributed by atoms with E-state index in [1.807, 2.05) is 4.72 Å². The second-order valence-electron chi connectivity index (χ2n) is 3.70. The summed E-state index contributed by atoms with van der Waals surface area (Å²) in [5, 5.41) is 10.8. The van der Waals surface area contributed by atoms with Gasteiger partial charge in [0.15, 0.2) is 0 Å². The standard InChI is InChI=1S/C10H6BrClN4O4S/c11-6-3-7(5-13-4-6)21(19,20)15-10-8(16(17)18)1-2-9(12)14-10/h1-5H,(H,14,15). The predicted molar refractivity (Wildman–Crippen MR) is 78.6 cm³/mol. The number of hydrogen-bond acceptors (Lipinski definition) is 6. The van der Waals surface area contributed by atoms with E-state index in [1.54, 1.807) is 0 Å². The Kier molecular flexibility index (Phi) is 4.40. The molecule has 0 bridgehead atoms. The van der Waals surface area contributed by atoms with Crippen molar-refractivity contribution in [2.75, 3.05) is 4.72 Å². The van der Waals surface area contributed by atoms with Gasteiger partial charge in [-0.1, -0.05) is 11.6 Å². The van der Waals surface area contributed by atoms with Gasteiger partial charge in [-0.2, -0.15) is 0 Å². The number of rotatable bonds is 4. The van der Waals surface area contributed by atoms with Crippen LogP contribution in [-0.4, -0.2) is 23.3 Å². The van der Waals surface area contributed by atoms with Crippen LogP contribution < -0.4 is 4.72 Å². The summed E-state index contributed by atoms with van der Waals surface area (Å²) in [5.74, 6) is -0.465. The van der Waals surface area contributed by atoms with Crippen LogP contribution in [0.25, 0.3) is 0 Å². The lowest BCUT2D eigenvalue weighted by Crippen LogP contribution is -2.15. The van der Waals surface area contributed by atoms with Crippen molar-refractivity contribution in [3.63, 3.8) is 0 Å². The van der Waals surface area contributed by atoms with Gasteiger partial charge in [0.05, 0.1) is 4.92 Å². The molecule has 2 heterocycles. The van der Waals surface area contributed by atoms with Gasteiger partial charge < -0.3 is 0 Å². The van der Waals surface area contributed by atoms with E-state index in [-0.39, 0.29) is 10.0 Å². The van der Waals surface area contributed by atoms with E-state index in [0.717, 1.165) is 12.3 Å². The first-order valence-corrected chi connectivity index (χ1v) is 7.89. The van der Waals surface area contributed by atoms with E-state index in [1.165, 1.54) is 18.3 Å². The highest BCUT2D eigenvalue weighted by atomic mass is 79.9. The summed E-state index contributed by atoms with van der Waals surface area (Å²) in [7, 11) is -4.08. The third-order valence-electron chi connectivity index (χ3n) is 2.26. The maximum atomic E-state index is 12.2. The number of nitrogens with one attached hydrogen (secondary N) is 1. The molecule has 2 rings (SSSR count). The molecule has 2 aromatic rings. The molecule has 0 saturated heterocycles. The molecule has 0 aliphatic rings. The van der Waals surface area contributed by atoms with Crippen molar-refractivity contribution >= 4 is 49.1 Å². The van der Waals surface area contributed by atoms with E-state index < -0.39 is 26.5 Å². The average Bonchev–Trinajstić information content (AvgIpc) is 2.38. The van der Waals surface area contributed by atoms with Gasteiger partial charge in [-0.05, 0) is 28.1 Å². The summed E-state index contributed by atoms with van der Waals surface area (Å²) in [5.41, 5.74) is -0.508. The lowest BCUT2D eigenvalue weighted by atomic mass is 10.4. The largest absolute Gasteiger partial charge is 0.312 e. The van der Waals surface area contributed by atoms with Crippen molar-refractivity contribution in [1.29, 1.82) is 0 Å². The topological polar surface area (TPSA) is 115 Å². The molecule has 0 aromatic carbocycles. The first kappa shape index (κ1) is 15.6. The summed E-state index contributed by atoms with van der Waals surface area (Å²) in [6.45, 7) is 0. The quantitative estimate of drug-likeness (QED) is 0.485. The van der Waals surface area contributed by atoms with Crippen LogP contribution in [0, 0.1) is 10.1 Å². The molecule has 8 nitrogen and oxygen atoms in total. The zero-order valence-electron chi connectivity index (χ0n) is 10.0. The Bertz CT molecular complexity index is 814. The highest BCUT2D eigenvalue weighted by Crippen LogP contribution is 2.26. The summed E-state index contributed by atoms with van der Waals surface area (Å²) in [6, 6.07) is 3.55. The van der Waals surface area contributed by atoms with Gasteiger partial charge >= 0.3 is 5.69 Å². The maximum absolute atomic E-state index is 12.2. The highest BCUT2D eigenvalue weighted by molar-refractivity contribution is 9.10. The van der Waals surface area contributed by atoms with Crippen molar-refractivity contribution in [1.82, 2.24) is 9.97 Å². The molecule has 0 spiro atoms. The zero-order valence-corrected chi connectivity index (χ0v) is 13.2. The third-order valence-corrected chi connectivity index (χ3v) is 4.21. The van der Waals surface area contributed by atoms with Gasteiger partial charge in [0.25, 0.3) is 10.0 Å². The van der Waals surface area contributed by atoms with Gasteiger partial charge in [-0.3, -0.25) is 19.8 Å². The molecule has 0 saturated carbocycles. The number of nitrogens with zero attached hydrogens (tertiary/aromatic N) is 3. The van der Waals surface area contributed by atoms with Crippen molar-refractivity contribution in [2.24, 2.45) is 0 Å². The normalized spacial score (nSPS) is 11.1. The van der Waals surface area contributed by atoms with Crippen LogP contribution in [0.3, 0.4) is 0 Å². The first-order valence-electron chi connectivity index (χ1n) is 5.24. The van der Waals surface area contributed by atoms with Crippen molar-refractivity contribution in [2.45, 2.75) is 4.90 Å². The summed E-state index contributed by atoms with van der Waals surface area (Å²) in [4.78, 5) is 17.3. The lowest BCUT2D eigenvalue weighted by Gasteiger charge is -2.07. The molecule has 0 amide bonds. The predicted octanol–water partition coefficient (Wildman–Crippen LogP) is 2.60. The Labute approximate surface area is 132 Å². The fourth-order valence-electron chi connectivity index (χ4n) is 1.38. The number of nitro groups is 1. The first-order chi connectivity index (χ1) is 9.79. The molecule has 0 radical (unpaired) electrons. The Morgan fingerprint density at radius 1 is 1.33 bits per heavy atom. The van der Waals surface area contributed by atoms with Crippen LogP contribution in [0.1, 0.15) is 0 Å². The van der Waals surface area contributed by atoms with Gasteiger partial charge in [0.2, 0.25) is 5.82 Å². The SMILES string of the molecule is O=[N+]([O-])c1ccc(Cl)nc1NS(=O)(=O)c1cncc(Br)c1. The van der Waals surface area contributed by atoms with Crippen molar-refractivity contribution in [3.05, 3.63) is 50.3 Å². The molecule has 2 aromatic heterocycles. The molecular formula is C10H6BrClN4O4S. The van der Waals surface area contributed by atoms with Gasteiger partial charge in [0, 0.05) is 22.9 Å². The van der Waals surface area contributed by atoms with Crippen molar-refractivity contribution in [3.8, 4) is 0 Å². The van der Waals surface area contributed by atoms with Gasteiger partial charge in [-0.15, -0.1) is 0 Å². The zero-order chi connectivity index (χ0) is 15.6. The fourth-order valence-corrected chi connectivity index (χ4v) is 3.04. The summed E-state index contributed by atoms with van der Waals surface area (Å²) >= 11 is 8.72. The molecule has 0 fully saturated rings. The highest BCUT2D eigenvalue weighted by Gasteiger charge is 2.23. The number of aromatic nitrogens is 2. The van der Waals surface area contributed by atoms with Crippen LogP contribution in [0.4, 0.5) is 11.5 Å². The lowest BCUT2D eigenvalue weighted by molar-refractivity contribution is -0.384. The van der Waals surface area contributed by atoms with E-state index in [0.29, 0.717) is 4.47 Å². The van der Waals surface area contributed by atoms with Gasteiger partial charge in [-0.25, -0.2) is 13.4 Å². The molecule has 110 valence electrons.